The van der Waals surface area contributed by atoms with Crippen LogP contribution in [0, 0.1) is 0 Å². The van der Waals surface area contributed by atoms with E-state index in [2.05, 4.69) is 157 Å². The number of anilines is 3. The third-order valence-electron chi connectivity index (χ3n) is 10.9. The Hall–Kier alpha value is -7.89. The largest absolute Gasteiger partial charge is 0.436 e. The topological polar surface area (TPSA) is 55.1 Å². The highest BCUT2D eigenvalue weighted by molar-refractivity contribution is 6.09. The molecule has 8 aromatic carbocycles. The van der Waals surface area contributed by atoms with Gasteiger partial charge in [-0.2, -0.15) is 0 Å². The molecular formula is C53H34N4O. The number of hydrogen-bond donors (Lipinski definition) is 0. The lowest BCUT2D eigenvalue weighted by Crippen LogP contribution is -2.10. The van der Waals surface area contributed by atoms with Gasteiger partial charge < -0.3 is 9.32 Å². The monoisotopic (exact) mass is 742 g/mol. The van der Waals surface area contributed by atoms with E-state index in [1.165, 1.54) is 32.7 Å². The average Bonchev–Trinajstić information content (AvgIpc) is 3.74. The van der Waals surface area contributed by atoms with E-state index in [4.69, 9.17) is 19.4 Å². The summed E-state index contributed by atoms with van der Waals surface area (Å²) in [5, 5.41) is 5.89. The molecular weight excluding hydrogens is 709 g/mol. The molecule has 3 aromatic heterocycles. The molecule has 0 unspecified atom stereocenters. The van der Waals surface area contributed by atoms with Gasteiger partial charge in [-0.15, -0.1) is 0 Å². The Morgan fingerprint density at radius 2 is 1.02 bits per heavy atom. The maximum Gasteiger partial charge on any atom is 0.227 e. The van der Waals surface area contributed by atoms with Crippen molar-refractivity contribution in [1.29, 1.82) is 0 Å². The maximum atomic E-state index is 6.12. The fraction of sp³-hybridized carbons (Fsp3) is 0. The van der Waals surface area contributed by atoms with Crippen LogP contribution in [0.15, 0.2) is 211 Å². The fourth-order valence-corrected chi connectivity index (χ4v) is 8.02. The van der Waals surface area contributed by atoms with Crippen molar-refractivity contribution in [2.45, 2.75) is 0 Å². The second-order valence-corrected chi connectivity index (χ2v) is 14.5. The van der Waals surface area contributed by atoms with Crippen molar-refractivity contribution in [3.8, 4) is 45.1 Å². The van der Waals surface area contributed by atoms with E-state index < -0.39 is 0 Å². The van der Waals surface area contributed by atoms with Crippen LogP contribution >= 0.6 is 0 Å². The first-order chi connectivity index (χ1) is 28.7. The molecule has 0 saturated heterocycles. The van der Waals surface area contributed by atoms with Crippen molar-refractivity contribution in [3.63, 3.8) is 0 Å². The lowest BCUT2D eigenvalue weighted by Gasteiger charge is -2.26. The second kappa shape index (κ2) is 14.0. The Balaban J connectivity index is 1.00. The van der Waals surface area contributed by atoms with Crippen molar-refractivity contribution in [2.24, 2.45) is 0 Å². The van der Waals surface area contributed by atoms with Crippen LogP contribution in [0.1, 0.15) is 0 Å². The first kappa shape index (κ1) is 33.4. The minimum Gasteiger partial charge on any atom is -0.436 e. The number of oxazole rings is 1. The summed E-state index contributed by atoms with van der Waals surface area (Å²) in [5.41, 5.74) is 12.8. The maximum absolute atomic E-state index is 6.12. The molecule has 5 heteroatoms. The molecule has 0 spiro atoms. The van der Waals surface area contributed by atoms with Crippen LogP contribution in [0.3, 0.4) is 0 Å². The van der Waals surface area contributed by atoms with E-state index in [0.717, 1.165) is 67.1 Å². The van der Waals surface area contributed by atoms with E-state index >= 15 is 0 Å². The van der Waals surface area contributed by atoms with Gasteiger partial charge in [0.2, 0.25) is 5.89 Å². The molecule has 3 heterocycles. The first-order valence-corrected chi connectivity index (χ1v) is 19.4. The molecule has 0 N–H and O–H groups in total. The van der Waals surface area contributed by atoms with Crippen molar-refractivity contribution < 1.29 is 4.42 Å². The summed E-state index contributed by atoms with van der Waals surface area (Å²) < 4.78 is 6.12. The lowest BCUT2D eigenvalue weighted by molar-refractivity contribution is 0.620. The number of pyridine rings is 2. The smallest absolute Gasteiger partial charge is 0.227 e. The number of nitrogens with zero attached hydrogens (tertiary/aromatic N) is 4. The molecule has 0 aliphatic carbocycles. The highest BCUT2D eigenvalue weighted by atomic mass is 16.3. The molecule has 0 fully saturated rings. The first-order valence-electron chi connectivity index (χ1n) is 19.4. The Labute approximate surface area is 335 Å². The van der Waals surface area contributed by atoms with Gasteiger partial charge in [-0.25, -0.2) is 9.97 Å². The zero-order chi connectivity index (χ0) is 38.4. The van der Waals surface area contributed by atoms with Gasteiger partial charge in [-0.05, 0) is 112 Å². The van der Waals surface area contributed by atoms with Crippen LogP contribution in [-0.4, -0.2) is 15.0 Å². The highest BCUT2D eigenvalue weighted by Gasteiger charge is 2.17. The Morgan fingerprint density at radius 1 is 0.397 bits per heavy atom. The summed E-state index contributed by atoms with van der Waals surface area (Å²) in [6.07, 6.45) is 1.83. The van der Waals surface area contributed by atoms with Gasteiger partial charge in [-0.3, -0.25) is 4.98 Å². The Bertz CT molecular complexity index is 3230. The third kappa shape index (κ3) is 6.03. The van der Waals surface area contributed by atoms with Gasteiger partial charge >= 0.3 is 0 Å². The molecule has 0 amide bonds. The summed E-state index contributed by atoms with van der Waals surface area (Å²) in [6.45, 7) is 0. The zero-order valence-corrected chi connectivity index (χ0v) is 31.3. The van der Waals surface area contributed by atoms with Gasteiger partial charge in [0.05, 0.1) is 16.9 Å². The standard InChI is InChI=1S/C53H34N4O/c1-3-10-35(11-4-1)39-23-29-46-40(32-39)17-18-41-33-45(28-30-47(41)46)57(44-26-21-38(22-27-44)53-56-48-15-7-8-16-50(48)58-53)43-24-19-36(20-25-43)49-34-42-14-9-31-54-51(42)52(55-49)37-12-5-2-6-13-37/h1-34H. The Kier molecular flexibility index (Phi) is 8.07. The minimum atomic E-state index is 0.601. The van der Waals surface area contributed by atoms with Crippen molar-refractivity contribution in [3.05, 3.63) is 206 Å². The number of para-hydroxylation sites is 2. The van der Waals surface area contributed by atoms with Gasteiger partial charge in [0, 0.05) is 45.3 Å². The molecule has 0 saturated carbocycles. The SMILES string of the molecule is c1ccc(-c2ccc3c(ccc4cc(N(c5ccc(-c6cc7cccnc7c(-c7ccccc7)n6)cc5)c5ccc(-c6nc7ccccc7o6)cc5)ccc43)c2)cc1. The molecule has 272 valence electrons. The molecule has 11 aromatic rings. The normalized spacial score (nSPS) is 11.4. The van der Waals surface area contributed by atoms with Gasteiger partial charge in [0.25, 0.3) is 0 Å². The van der Waals surface area contributed by atoms with Gasteiger partial charge in [-0.1, -0.05) is 121 Å². The van der Waals surface area contributed by atoms with Crippen LogP contribution in [0.5, 0.6) is 0 Å². The minimum absolute atomic E-state index is 0.601. The second-order valence-electron chi connectivity index (χ2n) is 14.5. The van der Waals surface area contributed by atoms with E-state index in [-0.39, 0.29) is 0 Å². The number of rotatable bonds is 7. The van der Waals surface area contributed by atoms with Crippen molar-refractivity contribution in [1.82, 2.24) is 15.0 Å². The predicted molar refractivity (Wildman–Crippen MR) is 239 cm³/mol. The van der Waals surface area contributed by atoms with Crippen molar-refractivity contribution in [2.75, 3.05) is 4.90 Å². The molecule has 0 aliphatic rings. The molecule has 0 radical (unpaired) electrons. The number of fused-ring (bicyclic) bond motifs is 5. The molecule has 5 nitrogen and oxygen atoms in total. The molecule has 0 bridgehead atoms. The summed E-state index contributed by atoms with van der Waals surface area (Å²) in [5.74, 6) is 0.601. The van der Waals surface area contributed by atoms with Crippen LogP contribution in [0.4, 0.5) is 17.1 Å². The van der Waals surface area contributed by atoms with Crippen molar-refractivity contribution >= 4 is 60.6 Å². The summed E-state index contributed by atoms with van der Waals surface area (Å²) in [6, 6.07) is 70.0. The van der Waals surface area contributed by atoms with E-state index in [1.807, 2.05) is 54.7 Å². The predicted octanol–water partition coefficient (Wildman–Crippen LogP) is 14.2. The third-order valence-corrected chi connectivity index (χ3v) is 10.9. The van der Waals surface area contributed by atoms with Crippen LogP contribution in [0.25, 0.3) is 88.6 Å². The van der Waals surface area contributed by atoms with Crippen LogP contribution in [-0.2, 0) is 0 Å². The average molecular weight is 743 g/mol. The van der Waals surface area contributed by atoms with Gasteiger partial charge in [0.15, 0.2) is 5.58 Å². The molecule has 11 rings (SSSR count). The van der Waals surface area contributed by atoms with E-state index in [0.29, 0.717) is 5.89 Å². The van der Waals surface area contributed by atoms with Crippen LogP contribution < -0.4 is 4.90 Å². The zero-order valence-electron chi connectivity index (χ0n) is 31.3. The van der Waals surface area contributed by atoms with E-state index in [1.54, 1.807) is 0 Å². The summed E-state index contributed by atoms with van der Waals surface area (Å²) in [7, 11) is 0. The van der Waals surface area contributed by atoms with Crippen LogP contribution in [0.2, 0.25) is 0 Å². The summed E-state index contributed by atoms with van der Waals surface area (Å²) in [4.78, 5) is 16.9. The Morgan fingerprint density at radius 3 is 1.76 bits per heavy atom. The lowest BCUT2D eigenvalue weighted by atomic mass is 9.97. The number of hydrogen-bond acceptors (Lipinski definition) is 5. The molecule has 0 atom stereocenters. The number of aromatic nitrogens is 3. The number of benzene rings is 8. The molecule has 0 aliphatic heterocycles. The quantitative estimate of drug-likeness (QED) is 0.152. The highest BCUT2D eigenvalue weighted by Crippen LogP contribution is 2.40. The van der Waals surface area contributed by atoms with Gasteiger partial charge in [0.1, 0.15) is 5.52 Å². The van der Waals surface area contributed by atoms with E-state index in [9.17, 15) is 0 Å². The summed E-state index contributed by atoms with van der Waals surface area (Å²) >= 11 is 0. The fourth-order valence-electron chi connectivity index (χ4n) is 8.02. The molecule has 58 heavy (non-hydrogen) atoms.